The summed E-state index contributed by atoms with van der Waals surface area (Å²) in [6, 6.07) is 3.62. The minimum absolute atomic E-state index is 0.140. The maximum atomic E-state index is 13.8. The van der Waals surface area contributed by atoms with Crippen LogP contribution in [-0.4, -0.2) is 11.7 Å². The number of hydrogen-bond acceptors (Lipinski definition) is 2. The zero-order valence-electron chi connectivity index (χ0n) is 10.3. The van der Waals surface area contributed by atoms with Gasteiger partial charge >= 0.3 is 0 Å². The number of ether oxygens (including phenoxy) is 1. The van der Waals surface area contributed by atoms with E-state index >= 15 is 0 Å². The van der Waals surface area contributed by atoms with Gasteiger partial charge in [0.25, 0.3) is 0 Å². The first kappa shape index (κ1) is 13.5. The predicted octanol–water partition coefficient (Wildman–Crippen LogP) is 4.14. The fraction of sp³-hybridized carbons (Fsp3) is 0.286. The molecule has 102 valence electrons. The molecule has 0 aromatic heterocycles. The average Bonchev–Trinajstić information content (AvgIpc) is 2.39. The predicted molar refractivity (Wildman–Crippen MR) is 65.9 cm³/mol. The van der Waals surface area contributed by atoms with Crippen LogP contribution in [0, 0.1) is 17.5 Å². The molecule has 19 heavy (non-hydrogen) atoms. The van der Waals surface area contributed by atoms with E-state index < -0.39 is 28.6 Å². The largest absolute Gasteiger partial charge is 0.505 e. The number of fused-ring (bicyclic) bond motifs is 1. The van der Waals surface area contributed by atoms with Crippen LogP contribution in [0.15, 0.2) is 18.2 Å². The van der Waals surface area contributed by atoms with Gasteiger partial charge in [-0.1, -0.05) is 19.4 Å². The Morgan fingerprint density at radius 2 is 1.84 bits per heavy atom. The van der Waals surface area contributed by atoms with Crippen molar-refractivity contribution < 1.29 is 23.0 Å². The Balaban J connectivity index is 2.52. The molecule has 2 aromatic rings. The topological polar surface area (TPSA) is 29.5 Å². The number of aromatic hydroxyl groups is 1. The van der Waals surface area contributed by atoms with Crippen molar-refractivity contribution in [3.8, 4) is 11.5 Å². The molecule has 0 amide bonds. The number of benzene rings is 2. The van der Waals surface area contributed by atoms with E-state index in [2.05, 4.69) is 0 Å². The number of hydrogen-bond donors (Lipinski definition) is 1. The maximum Gasteiger partial charge on any atom is 0.201 e. The van der Waals surface area contributed by atoms with Crippen LogP contribution in [0.25, 0.3) is 10.8 Å². The first-order valence-corrected chi connectivity index (χ1v) is 5.98. The third-order valence-electron chi connectivity index (χ3n) is 2.82. The van der Waals surface area contributed by atoms with Crippen molar-refractivity contribution in [3.05, 3.63) is 35.7 Å². The van der Waals surface area contributed by atoms with Gasteiger partial charge in [-0.25, -0.2) is 8.78 Å². The van der Waals surface area contributed by atoms with Gasteiger partial charge in [-0.05, 0) is 23.9 Å². The number of rotatable bonds is 4. The molecule has 1 N–H and O–H groups in total. The first-order valence-electron chi connectivity index (χ1n) is 5.98. The molecule has 0 aliphatic heterocycles. The fourth-order valence-electron chi connectivity index (χ4n) is 1.78. The Hall–Kier alpha value is -1.91. The summed E-state index contributed by atoms with van der Waals surface area (Å²) >= 11 is 0. The second-order valence-corrected chi connectivity index (χ2v) is 4.20. The zero-order valence-corrected chi connectivity index (χ0v) is 10.3. The highest BCUT2D eigenvalue weighted by molar-refractivity contribution is 5.86. The van der Waals surface area contributed by atoms with Gasteiger partial charge in [0.2, 0.25) is 5.82 Å². The third kappa shape index (κ3) is 2.45. The highest BCUT2D eigenvalue weighted by atomic mass is 19.2. The molecule has 0 heterocycles. The van der Waals surface area contributed by atoms with Crippen molar-refractivity contribution in [3.63, 3.8) is 0 Å². The van der Waals surface area contributed by atoms with Gasteiger partial charge < -0.3 is 9.84 Å². The normalized spacial score (nSPS) is 10.9. The Labute approximate surface area is 108 Å². The molecule has 0 atom stereocenters. The molecule has 0 saturated carbocycles. The highest BCUT2D eigenvalue weighted by Gasteiger charge is 2.19. The Kier molecular flexibility index (Phi) is 3.83. The summed E-state index contributed by atoms with van der Waals surface area (Å²) in [6.07, 6.45) is 1.57. The molecule has 0 fully saturated rings. The Morgan fingerprint density at radius 3 is 2.53 bits per heavy atom. The van der Waals surface area contributed by atoms with Crippen LogP contribution >= 0.6 is 0 Å². The Bertz CT molecular complexity index is 611. The van der Waals surface area contributed by atoms with Crippen LogP contribution in [0.5, 0.6) is 11.5 Å². The van der Waals surface area contributed by atoms with Crippen molar-refractivity contribution in [2.45, 2.75) is 19.8 Å². The smallest absolute Gasteiger partial charge is 0.201 e. The van der Waals surface area contributed by atoms with E-state index in [0.717, 1.165) is 12.5 Å². The van der Waals surface area contributed by atoms with Gasteiger partial charge in [0.1, 0.15) is 0 Å². The van der Waals surface area contributed by atoms with E-state index in [1.165, 1.54) is 12.1 Å². The summed E-state index contributed by atoms with van der Waals surface area (Å²) in [6.45, 7) is 2.21. The fourth-order valence-corrected chi connectivity index (χ4v) is 1.78. The van der Waals surface area contributed by atoms with Gasteiger partial charge in [0.15, 0.2) is 23.1 Å². The summed E-state index contributed by atoms with van der Waals surface area (Å²) in [7, 11) is 0. The van der Waals surface area contributed by atoms with Crippen molar-refractivity contribution in [1.29, 1.82) is 0 Å². The van der Waals surface area contributed by atoms with E-state index in [0.29, 0.717) is 6.42 Å². The minimum atomic E-state index is -1.35. The first-order chi connectivity index (χ1) is 9.06. The lowest BCUT2D eigenvalue weighted by atomic mass is 10.1. The average molecular weight is 270 g/mol. The van der Waals surface area contributed by atoms with Crippen LogP contribution < -0.4 is 4.74 Å². The van der Waals surface area contributed by atoms with Crippen molar-refractivity contribution >= 4 is 10.8 Å². The molecule has 0 aliphatic carbocycles. The number of unbranched alkanes of at least 4 members (excludes halogenated alkanes) is 1. The lowest BCUT2D eigenvalue weighted by molar-refractivity contribution is 0.289. The van der Waals surface area contributed by atoms with Crippen molar-refractivity contribution in [2.75, 3.05) is 6.61 Å². The number of phenolic OH excluding ortho intramolecular Hbond substituents is 1. The summed E-state index contributed by atoms with van der Waals surface area (Å²) in [4.78, 5) is 0. The zero-order chi connectivity index (χ0) is 14.0. The summed E-state index contributed by atoms with van der Waals surface area (Å²) in [5.74, 6) is -4.73. The number of halogens is 3. The third-order valence-corrected chi connectivity index (χ3v) is 2.82. The molecule has 0 bridgehead atoms. The van der Waals surface area contributed by atoms with Crippen LogP contribution in [0.4, 0.5) is 13.2 Å². The molecule has 0 aliphatic rings. The Morgan fingerprint density at radius 1 is 1.11 bits per heavy atom. The molecule has 0 radical (unpaired) electrons. The van der Waals surface area contributed by atoms with E-state index in [4.69, 9.17) is 4.74 Å². The summed E-state index contributed by atoms with van der Waals surface area (Å²) < 4.78 is 46.2. The highest BCUT2D eigenvalue weighted by Crippen LogP contribution is 2.33. The summed E-state index contributed by atoms with van der Waals surface area (Å²) in [5.41, 5.74) is 0. The van der Waals surface area contributed by atoms with Gasteiger partial charge in [-0.3, -0.25) is 0 Å². The monoisotopic (exact) mass is 270 g/mol. The standard InChI is InChI=1S/C14H13F3O2/c1-2-3-6-19-10-7-8-4-5-9(18)12(15)11(8)14(17)13(10)16/h4-5,7,18H,2-3,6H2,1H3. The van der Waals surface area contributed by atoms with E-state index in [9.17, 15) is 18.3 Å². The van der Waals surface area contributed by atoms with Crippen LogP contribution in [0.3, 0.4) is 0 Å². The minimum Gasteiger partial charge on any atom is -0.505 e. The molecular weight excluding hydrogens is 257 g/mol. The second-order valence-electron chi connectivity index (χ2n) is 4.20. The van der Waals surface area contributed by atoms with Crippen LogP contribution in [0.1, 0.15) is 19.8 Å². The van der Waals surface area contributed by atoms with E-state index in [1.54, 1.807) is 0 Å². The van der Waals surface area contributed by atoms with Crippen molar-refractivity contribution in [1.82, 2.24) is 0 Å². The maximum absolute atomic E-state index is 13.8. The quantitative estimate of drug-likeness (QED) is 0.846. The molecule has 0 spiro atoms. The molecule has 0 saturated heterocycles. The second kappa shape index (κ2) is 5.38. The number of phenols is 1. The van der Waals surface area contributed by atoms with Gasteiger partial charge in [0, 0.05) is 0 Å². The van der Waals surface area contributed by atoms with Crippen LogP contribution in [-0.2, 0) is 0 Å². The lowest BCUT2D eigenvalue weighted by Gasteiger charge is -2.10. The lowest BCUT2D eigenvalue weighted by Crippen LogP contribution is -2.01. The van der Waals surface area contributed by atoms with E-state index in [-0.39, 0.29) is 17.7 Å². The molecule has 0 unspecified atom stereocenters. The van der Waals surface area contributed by atoms with Gasteiger partial charge in [-0.15, -0.1) is 0 Å². The molecule has 2 aromatic carbocycles. The molecule has 5 heteroatoms. The molecule has 2 nitrogen and oxygen atoms in total. The van der Waals surface area contributed by atoms with Gasteiger partial charge in [-0.2, -0.15) is 4.39 Å². The SMILES string of the molecule is CCCCOc1cc2ccc(O)c(F)c2c(F)c1F. The summed E-state index contributed by atoms with van der Waals surface area (Å²) in [5, 5.41) is 8.75. The molecular formula is C14H13F3O2. The van der Waals surface area contributed by atoms with Crippen LogP contribution in [0.2, 0.25) is 0 Å². The van der Waals surface area contributed by atoms with E-state index in [1.807, 2.05) is 6.92 Å². The van der Waals surface area contributed by atoms with Crippen molar-refractivity contribution in [2.24, 2.45) is 0 Å². The van der Waals surface area contributed by atoms with Gasteiger partial charge in [0.05, 0.1) is 12.0 Å². The molecule has 2 rings (SSSR count).